The molecule has 5 aromatic rings. The quantitative estimate of drug-likeness (QED) is 0.234. The van der Waals surface area contributed by atoms with Crippen molar-refractivity contribution in [2.75, 3.05) is 0 Å². The molecule has 0 aliphatic heterocycles. The first-order chi connectivity index (χ1) is 18.2. The van der Waals surface area contributed by atoms with Crippen LogP contribution in [0.2, 0.25) is 0 Å². The van der Waals surface area contributed by atoms with Crippen molar-refractivity contribution in [3.8, 4) is 22.4 Å². The Kier molecular flexibility index (Phi) is 4.15. The first-order valence-electron chi connectivity index (χ1n) is 13.7. The first-order valence-corrected chi connectivity index (χ1v) is 12.7. The zero-order chi connectivity index (χ0) is 26.4. The summed E-state index contributed by atoms with van der Waals surface area (Å²) in [5.74, 6) is -2.09. The van der Waals surface area contributed by atoms with Gasteiger partial charge in [-0.1, -0.05) is 72.3 Å². The van der Waals surface area contributed by atoms with Gasteiger partial charge < -0.3 is 0 Å². The lowest BCUT2D eigenvalue weighted by atomic mass is 9.60. The van der Waals surface area contributed by atoms with Crippen LogP contribution >= 0.6 is 0 Å². The summed E-state index contributed by atoms with van der Waals surface area (Å²) < 4.78 is 22.3. The second-order valence-corrected chi connectivity index (χ2v) is 10.3. The molecule has 174 valence electrons. The summed E-state index contributed by atoms with van der Waals surface area (Å²) >= 11 is 0. The number of pyridine rings is 1. The van der Waals surface area contributed by atoms with E-state index in [0.29, 0.717) is 0 Å². The Morgan fingerprint density at radius 1 is 0.583 bits per heavy atom. The fraction of sp³-hybridized carbons (Fsp3) is 0.171. The van der Waals surface area contributed by atoms with Crippen LogP contribution in [0.5, 0.6) is 0 Å². The molecule has 2 atom stereocenters. The van der Waals surface area contributed by atoms with Crippen LogP contribution in [0.3, 0.4) is 0 Å². The number of hydrogen-bond donors (Lipinski definition) is 0. The fourth-order valence-corrected chi connectivity index (χ4v) is 6.17. The van der Waals surface area contributed by atoms with Crippen LogP contribution in [0.1, 0.15) is 64.6 Å². The molecule has 0 saturated heterocycles. The minimum atomic E-state index is -1.06. The van der Waals surface area contributed by atoms with E-state index in [4.69, 9.17) is 0 Å². The highest BCUT2D eigenvalue weighted by Gasteiger charge is 2.41. The standard InChI is InChI=1S/C35H30N/c1-21-13-14-28-30(17-21)35-27-12-8-7-11-26(27)34(28)32-20-29(23(3)18-31(32)35)24-15-16-36(4)33(19-24)25-10-6-5-9-22(25)2/h5-20,34-35H,1-4H3/q+1/i34D,35D. The highest BCUT2D eigenvalue weighted by molar-refractivity contribution is 5.77. The van der Waals surface area contributed by atoms with Gasteiger partial charge in [0.15, 0.2) is 6.20 Å². The van der Waals surface area contributed by atoms with Gasteiger partial charge in [0, 0.05) is 32.2 Å². The molecule has 1 heteroatoms. The summed E-state index contributed by atoms with van der Waals surface area (Å²) in [4.78, 5) is 0. The summed E-state index contributed by atoms with van der Waals surface area (Å²) in [5, 5.41) is 0. The predicted octanol–water partition coefficient (Wildman–Crippen LogP) is 7.76. The van der Waals surface area contributed by atoms with Crippen LogP contribution in [-0.2, 0) is 7.05 Å². The Bertz CT molecular complexity index is 1800. The number of hydrogen-bond acceptors (Lipinski definition) is 0. The molecule has 0 saturated carbocycles. The van der Waals surface area contributed by atoms with E-state index in [1.165, 1.54) is 11.1 Å². The molecule has 8 rings (SSSR count). The van der Waals surface area contributed by atoms with Gasteiger partial charge in [-0.2, -0.15) is 0 Å². The maximum absolute atomic E-state index is 10.1. The molecule has 0 spiro atoms. The number of nitrogens with zero attached hydrogens (tertiary/aromatic N) is 1. The van der Waals surface area contributed by atoms with Gasteiger partial charge >= 0.3 is 0 Å². The van der Waals surface area contributed by atoms with Crippen molar-refractivity contribution < 1.29 is 7.31 Å². The predicted molar refractivity (Wildman–Crippen MR) is 147 cm³/mol. The number of aryl methyl sites for hydroxylation is 4. The molecule has 3 aliphatic carbocycles. The Labute approximate surface area is 216 Å². The van der Waals surface area contributed by atoms with Gasteiger partial charge in [0.05, 0.1) is 0 Å². The Balaban J connectivity index is 1.50. The normalized spacial score (nSPS) is 21.8. The molecule has 1 heterocycles. The van der Waals surface area contributed by atoms with Gasteiger partial charge in [-0.05, 0) is 88.5 Å². The second kappa shape index (κ2) is 7.77. The van der Waals surface area contributed by atoms with Crippen LogP contribution in [0.15, 0.2) is 97.2 Å². The SMILES string of the molecule is [2H]C12c3ccccc3C([2H])(c3ccc(C)cc31)c1cc(-c3cc[n+](C)c(-c4ccccc4C)c3)c(C)cc12. The average Bonchev–Trinajstić information content (AvgIpc) is 2.92. The zero-order valence-electron chi connectivity index (χ0n) is 23.2. The van der Waals surface area contributed by atoms with E-state index in [-0.39, 0.29) is 0 Å². The van der Waals surface area contributed by atoms with Crippen molar-refractivity contribution in [1.82, 2.24) is 0 Å². The van der Waals surface area contributed by atoms with Crippen LogP contribution in [0.25, 0.3) is 22.4 Å². The van der Waals surface area contributed by atoms with Crippen molar-refractivity contribution in [1.29, 1.82) is 0 Å². The molecule has 0 fully saturated rings. The van der Waals surface area contributed by atoms with Crippen molar-refractivity contribution in [2.45, 2.75) is 32.6 Å². The topological polar surface area (TPSA) is 3.88 Å². The highest BCUT2D eigenvalue weighted by Crippen LogP contribution is 2.56. The van der Waals surface area contributed by atoms with Gasteiger partial charge in [0.25, 0.3) is 0 Å². The Morgan fingerprint density at radius 2 is 1.22 bits per heavy atom. The molecular formula is C35H30N+. The van der Waals surface area contributed by atoms with Gasteiger partial charge in [0.2, 0.25) is 5.69 Å². The van der Waals surface area contributed by atoms with E-state index in [1.807, 2.05) is 12.1 Å². The lowest BCUT2D eigenvalue weighted by molar-refractivity contribution is -0.660. The molecule has 2 unspecified atom stereocenters. The molecular weight excluding hydrogens is 434 g/mol. The molecule has 0 N–H and O–H groups in total. The van der Waals surface area contributed by atoms with Crippen LogP contribution < -0.4 is 4.57 Å². The van der Waals surface area contributed by atoms with Crippen molar-refractivity contribution in [2.24, 2.45) is 7.05 Å². The van der Waals surface area contributed by atoms with Crippen molar-refractivity contribution in [3.63, 3.8) is 0 Å². The maximum Gasteiger partial charge on any atom is 0.213 e. The van der Waals surface area contributed by atoms with E-state index in [2.05, 4.69) is 117 Å². The molecule has 36 heavy (non-hydrogen) atoms. The third kappa shape index (κ3) is 2.99. The molecule has 2 bridgehead atoms. The van der Waals surface area contributed by atoms with Crippen molar-refractivity contribution in [3.05, 3.63) is 147 Å². The lowest BCUT2D eigenvalue weighted by Crippen LogP contribution is -2.30. The Hall–Kier alpha value is -3.97. The lowest BCUT2D eigenvalue weighted by Gasteiger charge is -2.43. The summed E-state index contributed by atoms with van der Waals surface area (Å²) in [5.41, 5.74) is 13.7. The van der Waals surface area contributed by atoms with E-state index in [9.17, 15) is 2.74 Å². The van der Waals surface area contributed by atoms with Crippen LogP contribution in [-0.4, -0.2) is 0 Å². The minimum absolute atomic E-state index is 0.925. The monoisotopic (exact) mass is 466 g/mol. The average molecular weight is 467 g/mol. The number of benzene rings is 4. The molecule has 0 amide bonds. The van der Waals surface area contributed by atoms with Crippen LogP contribution in [0, 0.1) is 20.8 Å². The van der Waals surface area contributed by atoms with Gasteiger partial charge in [-0.15, -0.1) is 0 Å². The maximum atomic E-state index is 10.1. The molecule has 3 aliphatic rings. The van der Waals surface area contributed by atoms with E-state index >= 15 is 0 Å². The first kappa shape index (κ1) is 19.2. The molecule has 4 aromatic carbocycles. The zero-order valence-corrected chi connectivity index (χ0v) is 21.2. The van der Waals surface area contributed by atoms with E-state index in [0.717, 1.165) is 61.3 Å². The fourth-order valence-electron chi connectivity index (χ4n) is 6.17. The smallest absolute Gasteiger partial charge is 0.201 e. The largest absolute Gasteiger partial charge is 0.213 e. The molecule has 1 nitrogen and oxygen atoms in total. The summed E-state index contributed by atoms with van der Waals surface area (Å²) in [6.45, 7) is 6.36. The Morgan fingerprint density at radius 3 is 2.00 bits per heavy atom. The summed E-state index contributed by atoms with van der Waals surface area (Å²) in [6, 6.07) is 31.7. The van der Waals surface area contributed by atoms with E-state index < -0.39 is 11.8 Å². The van der Waals surface area contributed by atoms with Crippen LogP contribution in [0.4, 0.5) is 0 Å². The third-order valence-corrected chi connectivity index (χ3v) is 7.96. The van der Waals surface area contributed by atoms with Gasteiger partial charge in [-0.25, -0.2) is 4.57 Å². The van der Waals surface area contributed by atoms with Gasteiger partial charge in [-0.3, -0.25) is 0 Å². The molecule has 1 aromatic heterocycles. The number of rotatable bonds is 2. The second-order valence-electron chi connectivity index (χ2n) is 10.3. The third-order valence-electron chi connectivity index (χ3n) is 7.96. The summed E-state index contributed by atoms with van der Waals surface area (Å²) in [6.07, 6.45) is 2.12. The van der Waals surface area contributed by atoms with Crippen molar-refractivity contribution >= 4 is 0 Å². The number of aromatic nitrogens is 1. The summed E-state index contributed by atoms with van der Waals surface area (Å²) in [7, 11) is 2.09. The highest BCUT2D eigenvalue weighted by atomic mass is 14.9. The minimum Gasteiger partial charge on any atom is -0.201 e. The molecule has 0 radical (unpaired) electrons. The van der Waals surface area contributed by atoms with Gasteiger partial charge in [0.1, 0.15) is 7.05 Å². The van der Waals surface area contributed by atoms with E-state index in [1.54, 1.807) is 0 Å².